The molecule has 3 nitrogen and oxygen atoms in total. The van der Waals surface area contributed by atoms with E-state index in [2.05, 4.69) is 11.8 Å². The number of benzene rings is 1. The van der Waals surface area contributed by atoms with Crippen molar-refractivity contribution in [3.05, 3.63) is 30.3 Å². The second-order valence-electron chi connectivity index (χ2n) is 4.06. The molecule has 1 aromatic carbocycles. The fourth-order valence-corrected chi connectivity index (χ4v) is 1.72. The van der Waals surface area contributed by atoms with E-state index in [1.165, 1.54) is 6.42 Å². The molecule has 0 bridgehead atoms. The highest BCUT2D eigenvalue weighted by Gasteiger charge is 2.12. The van der Waals surface area contributed by atoms with Gasteiger partial charge < -0.3 is 14.2 Å². The molecule has 96 valence electrons. The van der Waals surface area contributed by atoms with Crippen molar-refractivity contribution in [3.8, 4) is 17.6 Å². The van der Waals surface area contributed by atoms with Crippen molar-refractivity contribution in [2.75, 3.05) is 19.8 Å². The van der Waals surface area contributed by atoms with Crippen LogP contribution in [0, 0.1) is 11.8 Å². The summed E-state index contributed by atoms with van der Waals surface area (Å²) in [7, 11) is 0. The van der Waals surface area contributed by atoms with Gasteiger partial charge in [-0.2, -0.15) is 0 Å². The summed E-state index contributed by atoms with van der Waals surface area (Å²) in [6, 6.07) is 9.65. The van der Waals surface area contributed by atoms with Crippen molar-refractivity contribution in [2.24, 2.45) is 0 Å². The van der Waals surface area contributed by atoms with Gasteiger partial charge in [0.1, 0.15) is 19.0 Å². The van der Waals surface area contributed by atoms with Crippen LogP contribution >= 0.6 is 0 Å². The molecule has 0 radical (unpaired) electrons. The number of para-hydroxylation sites is 1. The highest BCUT2D eigenvalue weighted by atomic mass is 16.7. The summed E-state index contributed by atoms with van der Waals surface area (Å²) < 4.78 is 16.4. The van der Waals surface area contributed by atoms with Crippen molar-refractivity contribution in [1.82, 2.24) is 0 Å². The molecule has 1 atom stereocenters. The molecule has 1 heterocycles. The Hall–Kier alpha value is -1.50. The van der Waals surface area contributed by atoms with Crippen LogP contribution in [-0.4, -0.2) is 26.1 Å². The summed E-state index contributed by atoms with van der Waals surface area (Å²) in [5.41, 5.74) is 0. The number of hydrogen-bond acceptors (Lipinski definition) is 3. The summed E-state index contributed by atoms with van der Waals surface area (Å²) >= 11 is 0. The molecule has 0 amide bonds. The van der Waals surface area contributed by atoms with Crippen molar-refractivity contribution in [3.63, 3.8) is 0 Å². The van der Waals surface area contributed by atoms with Gasteiger partial charge in [0.05, 0.1) is 0 Å². The lowest BCUT2D eigenvalue weighted by Gasteiger charge is -2.21. The molecule has 0 aliphatic carbocycles. The summed E-state index contributed by atoms with van der Waals surface area (Å²) in [6.07, 6.45) is 3.22. The Morgan fingerprint density at radius 1 is 1.11 bits per heavy atom. The third-order valence-electron chi connectivity index (χ3n) is 2.66. The average molecular weight is 246 g/mol. The van der Waals surface area contributed by atoms with Crippen LogP contribution in [0.4, 0.5) is 0 Å². The minimum atomic E-state index is -0.0666. The fraction of sp³-hybridized carbons (Fsp3) is 0.467. The van der Waals surface area contributed by atoms with E-state index in [9.17, 15) is 0 Å². The van der Waals surface area contributed by atoms with Crippen LogP contribution in [0.5, 0.6) is 5.75 Å². The zero-order valence-corrected chi connectivity index (χ0v) is 10.4. The lowest BCUT2D eigenvalue weighted by atomic mass is 10.2. The van der Waals surface area contributed by atoms with Gasteiger partial charge in [0.15, 0.2) is 6.29 Å². The summed E-state index contributed by atoms with van der Waals surface area (Å²) in [5, 5.41) is 0. The number of hydrogen-bond donors (Lipinski definition) is 0. The molecule has 2 rings (SSSR count). The lowest BCUT2D eigenvalue weighted by Crippen LogP contribution is -2.22. The first-order chi connectivity index (χ1) is 8.95. The quantitative estimate of drug-likeness (QED) is 0.764. The molecule has 1 aliphatic rings. The fourth-order valence-electron chi connectivity index (χ4n) is 1.72. The van der Waals surface area contributed by atoms with Crippen LogP contribution in [0.3, 0.4) is 0 Å². The first kappa shape index (κ1) is 12.9. The van der Waals surface area contributed by atoms with Gasteiger partial charge in [-0.25, -0.2) is 0 Å². The van der Waals surface area contributed by atoms with Gasteiger partial charge in [-0.05, 0) is 31.4 Å². The van der Waals surface area contributed by atoms with E-state index in [0.29, 0.717) is 13.2 Å². The average Bonchev–Trinajstić information content (AvgIpc) is 2.45. The third kappa shape index (κ3) is 4.79. The van der Waals surface area contributed by atoms with Gasteiger partial charge in [-0.1, -0.05) is 30.0 Å². The van der Waals surface area contributed by atoms with Gasteiger partial charge in [0, 0.05) is 6.61 Å². The molecule has 0 spiro atoms. The van der Waals surface area contributed by atoms with E-state index >= 15 is 0 Å². The third-order valence-corrected chi connectivity index (χ3v) is 2.66. The second kappa shape index (κ2) is 7.75. The zero-order valence-electron chi connectivity index (χ0n) is 10.4. The maximum Gasteiger partial charge on any atom is 0.158 e. The highest BCUT2D eigenvalue weighted by molar-refractivity contribution is 5.21. The van der Waals surface area contributed by atoms with Crippen LogP contribution in [0.2, 0.25) is 0 Å². The van der Waals surface area contributed by atoms with Crippen LogP contribution in [0.15, 0.2) is 30.3 Å². The molecule has 0 saturated carbocycles. The molecule has 1 saturated heterocycles. The maximum absolute atomic E-state index is 5.48. The van der Waals surface area contributed by atoms with E-state index in [0.717, 1.165) is 25.2 Å². The molecule has 0 aromatic heterocycles. The molecule has 3 heteroatoms. The van der Waals surface area contributed by atoms with E-state index in [4.69, 9.17) is 14.2 Å². The summed E-state index contributed by atoms with van der Waals surface area (Å²) in [6.45, 7) is 1.59. The Balaban J connectivity index is 1.58. The largest absolute Gasteiger partial charge is 0.481 e. The van der Waals surface area contributed by atoms with Crippen LogP contribution in [0.25, 0.3) is 0 Å². The zero-order chi connectivity index (χ0) is 12.5. The number of rotatable bonds is 4. The maximum atomic E-state index is 5.48. The first-order valence-electron chi connectivity index (χ1n) is 6.32. The SMILES string of the molecule is C(#CCOC1CCCCO1)COc1ccccc1. The standard InChI is InChI=1S/C15H18O3/c1-2-8-14(9-3-1)16-11-6-7-13-18-15-10-4-5-12-17-15/h1-3,8-9,15H,4-5,10-13H2. The first-order valence-corrected chi connectivity index (χ1v) is 6.32. The molecule has 1 aliphatic heterocycles. The minimum Gasteiger partial charge on any atom is -0.481 e. The van der Waals surface area contributed by atoms with Crippen molar-refractivity contribution >= 4 is 0 Å². The van der Waals surface area contributed by atoms with Gasteiger partial charge in [0.2, 0.25) is 0 Å². The van der Waals surface area contributed by atoms with Gasteiger partial charge in [-0.3, -0.25) is 0 Å². The predicted molar refractivity (Wildman–Crippen MR) is 69.3 cm³/mol. The summed E-state index contributed by atoms with van der Waals surface area (Å²) in [4.78, 5) is 0. The van der Waals surface area contributed by atoms with Crippen LogP contribution < -0.4 is 4.74 Å². The Kier molecular flexibility index (Phi) is 5.58. The van der Waals surface area contributed by atoms with Gasteiger partial charge >= 0.3 is 0 Å². The van der Waals surface area contributed by atoms with Crippen LogP contribution in [-0.2, 0) is 9.47 Å². The van der Waals surface area contributed by atoms with E-state index in [-0.39, 0.29) is 6.29 Å². The summed E-state index contributed by atoms with van der Waals surface area (Å²) in [5.74, 6) is 6.68. The Morgan fingerprint density at radius 3 is 2.72 bits per heavy atom. The molecule has 1 aromatic rings. The molecule has 18 heavy (non-hydrogen) atoms. The topological polar surface area (TPSA) is 27.7 Å². The van der Waals surface area contributed by atoms with Gasteiger partial charge in [-0.15, -0.1) is 0 Å². The predicted octanol–water partition coefficient (Wildman–Crippen LogP) is 2.61. The van der Waals surface area contributed by atoms with E-state index in [1.54, 1.807) is 0 Å². The molecular formula is C15H18O3. The van der Waals surface area contributed by atoms with Crippen molar-refractivity contribution < 1.29 is 14.2 Å². The van der Waals surface area contributed by atoms with Gasteiger partial charge in [0.25, 0.3) is 0 Å². The molecule has 1 unspecified atom stereocenters. The van der Waals surface area contributed by atoms with E-state index < -0.39 is 0 Å². The normalized spacial score (nSPS) is 18.8. The molecule has 1 fully saturated rings. The van der Waals surface area contributed by atoms with Crippen molar-refractivity contribution in [2.45, 2.75) is 25.6 Å². The monoisotopic (exact) mass is 246 g/mol. The minimum absolute atomic E-state index is 0.0666. The number of ether oxygens (including phenoxy) is 3. The van der Waals surface area contributed by atoms with Crippen molar-refractivity contribution in [1.29, 1.82) is 0 Å². The molecular weight excluding hydrogens is 228 g/mol. The highest BCUT2D eigenvalue weighted by Crippen LogP contribution is 2.13. The molecule has 0 N–H and O–H groups in total. The lowest BCUT2D eigenvalue weighted by molar-refractivity contribution is -0.154. The Labute approximate surface area is 108 Å². The Bertz CT molecular complexity index is 385. The Morgan fingerprint density at radius 2 is 1.94 bits per heavy atom. The van der Waals surface area contributed by atoms with Crippen LogP contribution in [0.1, 0.15) is 19.3 Å². The van der Waals surface area contributed by atoms with E-state index in [1.807, 2.05) is 30.3 Å². The second-order valence-corrected chi connectivity index (χ2v) is 4.06. The smallest absolute Gasteiger partial charge is 0.158 e.